The van der Waals surface area contributed by atoms with Crippen molar-refractivity contribution in [3.8, 4) is 16.9 Å². The van der Waals surface area contributed by atoms with Gasteiger partial charge in [0.2, 0.25) is 5.56 Å². The second-order valence-electron chi connectivity index (χ2n) is 6.49. The molecule has 2 aromatic carbocycles. The van der Waals surface area contributed by atoms with Gasteiger partial charge in [0, 0.05) is 17.8 Å². The number of halogens is 4. The van der Waals surface area contributed by atoms with Gasteiger partial charge in [0.15, 0.2) is 5.82 Å². The first kappa shape index (κ1) is 19.7. The molecule has 4 aromatic rings. The van der Waals surface area contributed by atoms with E-state index in [0.717, 1.165) is 0 Å². The molecule has 0 atom stereocenters. The number of hydrogen-bond donors (Lipinski definition) is 1. The molecule has 0 bridgehead atoms. The summed E-state index contributed by atoms with van der Waals surface area (Å²) >= 11 is 0. The normalized spacial score (nSPS) is 11.5. The summed E-state index contributed by atoms with van der Waals surface area (Å²) in [5.74, 6) is -0.568. The number of aromatic nitrogens is 3. The Balaban J connectivity index is 1.83. The van der Waals surface area contributed by atoms with Gasteiger partial charge in [0.25, 0.3) is 6.43 Å². The summed E-state index contributed by atoms with van der Waals surface area (Å²) < 4.78 is 58.6. The zero-order chi connectivity index (χ0) is 21.3. The first-order chi connectivity index (χ1) is 14.4. The van der Waals surface area contributed by atoms with E-state index >= 15 is 0 Å². The van der Waals surface area contributed by atoms with Gasteiger partial charge in [0.05, 0.1) is 17.6 Å². The largest absolute Gasteiger partial charge is 0.434 e. The van der Waals surface area contributed by atoms with E-state index in [9.17, 15) is 22.4 Å². The van der Waals surface area contributed by atoms with E-state index in [1.54, 1.807) is 30.3 Å². The van der Waals surface area contributed by atoms with Gasteiger partial charge in [0.1, 0.15) is 5.75 Å². The Hall–Kier alpha value is -3.62. The van der Waals surface area contributed by atoms with Gasteiger partial charge in [-0.3, -0.25) is 4.79 Å². The van der Waals surface area contributed by atoms with Crippen molar-refractivity contribution in [2.75, 3.05) is 0 Å². The average molecular weight is 417 g/mol. The molecule has 0 aliphatic heterocycles. The number of pyridine rings is 1. The SMILES string of the molecule is O=c1ccc(-c2ccc3nc(C(F)F)n(Cc4ccccc4OC(F)F)c3c2)c[nH]1. The van der Waals surface area contributed by atoms with Crippen molar-refractivity contribution in [2.24, 2.45) is 0 Å². The first-order valence-corrected chi connectivity index (χ1v) is 8.92. The fourth-order valence-electron chi connectivity index (χ4n) is 3.26. The van der Waals surface area contributed by atoms with E-state index in [1.165, 1.54) is 35.0 Å². The van der Waals surface area contributed by atoms with E-state index in [4.69, 9.17) is 0 Å². The zero-order valence-corrected chi connectivity index (χ0v) is 15.4. The number of nitrogens with one attached hydrogen (secondary N) is 1. The topological polar surface area (TPSA) is 59.9 Å². The number of para-hydroxylation sites is 1. The molecule has 0 saturated carbocycles. The van der Waals surface area contributed by atoms with Crippen molar-refractivity contribution < 1.29 is 22.3 Å². The third-order valence-electron chi connectivity index (χ3n) is 4.61. The van der Waals surface area contributed by atoms with Crippen LogP contribution in [0.4, 0.5) is 17.6 Å². The van der Waals surface area contributed by atoms with Gasteiger partial charge >= 0.3 is 6.61 Å². The Bertz CT molecular complexity index is 1230. The third-order valence-corrected chi connectivity index (χ3v) is 4.61. The van der Waals surface area contributed by atoms with Gasteiger partial charge in [-0.15, -0.1) is 0 Å². The first-order valence-electron chi connectivity index (χ1n) is 8.92. The summed E-state index contributed by atoms with van der Waals surface area (Å²) in [5, 5.41) is 0. The van der Waals surface area contributed by atoms with E-state index in [1.807, 2.05) is 0 Å². The molecule has 5 nitrogen and oxygen atoms in total. The van der Waals surface area contributed by atoms with Crippen molar-refractivity contribution in [1.29, 1.82) is 0 Å². The summed E-state index contributed by atoms with van der Waals surface area (Å²) in [6, 6.07) is 14.0. The van der Waals surface area contributed by atoms with Crippen molar-refractivity contribution >= 4 is 11.0 Å². The minimum absolute atomic E-state index is 0.0913. The number of alkyl halides is 4. The molecule has 4 rings (SSSR count). The van der Waals surface area contributed by atoms with Crippen LogP contribution in [0.1, 0.15) is 17.8 Å². The van der Waals surface area contributed by atoms with E-state index in [0.29, 0.717) is 27.7 Å². The summed E-state index contributed by atoms with van der Waals surface area (Å²) in [4.78, 5) is 17.9. The molecular weight excluding hydrogens is 402 g/mol. The van der Waals surface area contributed by atoms with Crippen LogP contribution in [0.25, 0.3) is 22.2 Å². The molecule has 9 heteroatoms. The smallest absolute Gasteiger partial charge is 0.387 e. The Labute approximate surface area is 167 Å². The number of ether oxygens (including phenoxy) is 1. The fraction of sp³-hybridized carbons (Fsp3) is 0.143. The van der Waals surface area contributed by atoms with Crippen molar-refractivity contribution in [1.82, 2.24) is 14.5 Å². The second kappa shape index (κ2) is 8.02. The number of nitrogens with zero attached hydrogens (tertiary/aromatic N) is 2. The van der Waals surface area contributed by atoms with Gasteiger partial charge < -0.3 is 14.3 Å². The van der Waals surface area contributed by atoms with E-state index in [2.05, 4.69) is 14.7 Å². The minimum atomic E-state index is -3.04. The number of rotatable bonds is 6. The maximum atomic E-state index is 13.7. The highest BCUT2D eigenvalue weighted by Gasteiger charge is 2.21. The van der Waals surface area contributed by atoms with E-state index in [-0.39, 0.29) is 17.9 Å². The molecule has 154 valence electrons. The minimum Gasteiger partial charge on any atom is -0.434 e. The Morgan fingerprint density at radius 3 is 2.47 bits per heavy atom. The van der Waals surface area contributed by atoms with Gasteiger partial charge in [-0.2, -0.15) is 8.78 Å². The van der Waals surface area contributed by atoms with Crippen LogP contribution in [-0.4, -0.2) is 21.1 Å². The lowest BCUT2D eigenvalue weighted by atomic mass is 10.1. The summed E-state index contributed by atoms with van der Waals surface area (Å²) in [6.45, 7) is -3.17. The number of fused-ring (bicyclic) bond motifs is 1. The molecule has 2 heterocycles. The van der Waals surface area contributed by atoms with Crippen LogP contribution in [0.15, 0.2) is 65.6 Å². The number of benzene rings is 2. The van der Waals surface area contributed by atoms with Crippen molar-refractivity contribution in [3.63, 3.8) is 0 Å². The number of hydrogen-bond acceptors (Lipinski definition) is 3. The lowest BCUT2D eigenvalue weighted by molar-refractivity contribution is -0.0505. The Morgan fingerprint density at radius 1 is 1.00 bits per heavy atom. The Morgan fingerprint density at radius 2 is 1.77 bits per heavy atom. The van der Waals surface area contributed by atoms with Gasteiger partial charge in [-0.1, -0.05) is 24.3 Å². The number of imidazole rings is 1. The monoisotopic (exact) mass is 417 g/mol. The fourth-order valence-corrected chi connectivity index (χ4v) is 3.26. The highest BCUT2D eigenvalue weighted by molar-refractivity contribution is 5.82. The zero-order valence-electron chi connectivity index (χ0n) is 15.4. The lowest BCUT2D eigenvalue weighted by Gasteiger charge is -2.14. The third kappa shape index (κ3) is 3.91. The Kier molecular flexibility index (Phi) is 5.26. The molecule has 0 aliphatic rings. The number of H-pyrrole nitrogens is 1. The molecule has 0 amide bonds. The molecule has 0 saturated heterocycles. The van der Waals surface area contributed by atoms with Crippen LogP contribution in [0.5, 0.6) is 5.75 Å². The molecule has 0 aliphatic carbocycles. The lowest BCUT2D eigenvalue weighted by Crippen LogP contribution is -2.09. The van der Waals surface area contributed by atoms with Crippen LogP contribution >= 0.6 is 0 Å². The molecule has 0 fully saturated rings. The molecular formula is C21H15F4N3O2. The average Bonchev–Trinajstić information content (AvgIpc) is 3.08. The van der Waals surface area contributed by atoms with Crippen LogP contribution < -0.4 is 10.3 Å². The molecule has 0 spiro atoms. The number of aromatic amines is 1. The van der Waals surface area contributed by atoms with Gasteiger partial charge in [-0.25, -0.2) is 13.8 Å². The maximum Gasteiger partial charge on any atom is 0.387 e. The highest BCUT2D eigenvalue weighted by atomic mass is 19.3. The molecule has 30 heavy (non-hydrogen) atoms. The van der Waals surface area contributed by atoms with Crippen LogP contribution in [0.2, 0.25) is 0 Å². The predicted octanol–water partition coefficient (Wildman–Crippen LogP) is 4.98. The maximum absolute atomic E-state index is 13.7. The van der Waals surface area contributed by atoms with Crippen molar-refractivity contribution in [2.45, 2.75) is 19.6 Å². The quantitative estimate of drug-likeness (QED) is 0.450. The summed E-state index contributed by atoms with van der Waals surface area (Å²) in [6.07, 6.45) is -1.35. The van der Waals surface area contributed by atoms with E-state index < -0.39 is 18.9 Å². The molecule has 1 N–H and O–H groups in total. The van der Waals surface area contributed by atoms with Crippen molar-refractivity contribution in [3.05, 3.63) is 82.5 Å². The highest BCUT2D eigenvalue weighted by Crippen LogP contribution is 2.30. The van der Waals surface area contributed by atoms with Crippen LogP contribution in [0.3, 0.4) is 0 Å². The summed E-state index contributed by atoms with van der Waals surface area (Å²) in [7, 11) is 0. The van der Waals surface area contributed by atoms with Gasteiger partial charge in [-0.05, 0) is 35.4 Å². The van der Waals surface area contributed by atoms with Crippen LogP contribution in [-0.2, 0) is 6.54 Å². The second-order valence-corrected chi connectivity index (χ2v) is 6.49. The summed E-state index contributed by atoms with van der Waals surface area (Å²) in [5.41, 5.74) is 2.16. The molecule has 0 unspecified atom stereocenters. The molecule has 2 aromatic heterocycles. The molecule has 0 radical (unpaired) electrons. The van der Waals surface area contributed by atoms with Crippen LogP contribution in [0, 0.1) is 0 Å². The predicted molar refractivity (Wildman–Crippen MR) is 103 cm³/mol. The standard InChI is InChI=1S/C21H15F4N3O2/c22-19(23)20-27-15-7-5-12(13-6-8-18(29)26-10-13)9-16(15)28(20)11-14-3-1-2-4-17(14)30-21(24)25/h1-10,19,21H,11H2,(H,26,29).